The second kappa shape index (κ2) is 3.21. The summed E-state index contributed by atoms with van der Waals surface area (Å²) < 4.78 is 5.27. The monoisotopic (exact) mass is 198 g/mol. The number of amides is 1. The van der Waals surface area contributed by atoms with Crippen molar-refractivity contribution in [3.8, 4) is 0 Å². The largest absolute Gasteiger partial charge is 0.377 e. The summed E-state index contributed by atoms with van der Waals surface area (Å²) in [4.78, 5) is 15.8. The van der Waals surface area contributed by atoms with E-state index in [0.717, 1.165) is 19.8 Å². The van der Waals surface area contributed by atoms with E-state index in [-0.39, 0.29) is 11.4 Å². The second-order valence-corrected chi connectivity index (χ2v) is 4.69. The molecule has 1 spiro atoms. The Hall–Kier alpha value is -0.610. The van der Waals surface area contributed by atoms with Crippen LogP contribution < -0.4 is 0 Å². The fourth-order valence-electron chi connectivity index (χ4n) is 2.11. The first-order valence-corrected chi connectivity index (χ1v) is 5.14. The second-order valence-electron chi connectivity index (χ2n) is 4.69. The highest BCUT2D eigenvalue weighted by atomic mass is 16.5. The number of ether oxygens (including phenoxy) is 1. The van der Waals surface area contributed by atoms with E-state index in [0.29, 0.717) is 12.6 Å². The minimum Gasteiger partial charge on any atom is -0.377 e. The van der Waals surface area contributed by atoms with Gasteiger partial charge in [-0.2, -0.15) is 0 Å². The van der Waals surface area contributed by atoms with Gasteiger partial charge < -0.3 is 9.64 Å². The van der Waals surface area contributed by atoms with Crippen LogP contribution in [0.25, 0.3) is 0 Å². The van der Waals surface area contributed by atoms with Gasteiger partial charge in [-0.3, -0.25) is 9.69 Å². The average molecular weight is 198 g/mol. The third kappa shape index (κ3) is 1.33. The van der Waals surface area contributed by atoms with Gasteiger partial charge in [0.05, 0.1) is 25.3 Å². The van der Waals surface area contributed by atoms with Crippen molar-refractivity contribution in [1.29, 1.82) is 0 Å². The molecule has 0 aromatic heterocycles. The van der Waals surface area contributed by atoms with Crippen LogP contribution in [0, 0.1) is 0 Å². The molecular formula is C10H18N2O2. The average Bonchev–Trinajstić information content (AvgIpc) is 2.00. The van der Waals surface area contributed by atoms with Crippen LogP contribution >= 0.6 is 0 Å². The molecule has 2 saturated heterocycles. The standard InChI is InChI=1S/C10H18N2O2/c1-8(2)12-5-10(6-14-7-10)11(3)4-9(12)13/h8H,4-7H2,1-3H3. The fourth-order valence-corrected chi connectivity index (χ4v) is 2.11. The third-order valence-corrected chi connectivity index (χ3v) is 3.33. The number of hydrogen-bond donors (Lipinski definition) is 0. The molecule has 14 heavy (non-hydrogen) atoms. The zero-order chi connectivity index (χ0) is 10.3. The predicted molar refractivity (Wildman–Crippen MR) is 53.0 cm³/mol. The van der Waals surface area contributed by atoms with E-state index in [4.69, 9.17) is 4.74 Å². The molecule has 4 heteroatoms. The van der Waals surface area contributed by atoms with Gasteiger partial charge in [0.2, 0.25) is 5.91 Å². The van der Waals surface area contributed by atoms with E-state index >= 15 is 0 Å². The van der Waals surface area contributed by atoms with Gasteiger partial charge in [0.1, 0.15) is 0 Å². The maximum absolute atomic E-state index is 11.7. The van der Waals surface area contributed by atoms with Crippen LogP contribution in [0.15, 0.2) is 0 Å². The number of rotatable bonds is 1. The summed E-state index contributed by atoms with van der Waals surface area (Å²) >= 11 is 0. The number of carbonyl (C=O) groups is 1. The minimum atomic E-state index is 0.109. The van der Waals surface area contributed by atoms with Crippen LogP contribution in [-0.2, 0) is 9.53 Å². The molecule has 0 N–H and O–H groups in total. The van der Waals surface area contributed by atoms with Gasteiger partial charge in [-0.15, -0.1) is 0 Å². The van der Waals surface area contributed by atoms with Gasteiger partial charge in [0, 0.05) is 12.6 Å². The van der Waals surface area contributed by atoms with Gasteiger partial charge in [-0.05, 0) is 20.9 Å². The highest BCUT2D eigenvalue weighted by Crippen LogP contribution is 2.29. The Kier molecular flexibility index (Phi) is 2.27. The van der Waals surface area contributed by atoms with Crippen molar-refractivity contribution in [2.24, 2.45) is 0 Å². The molecule has 0 aromatic rings. The quantitative estimate of drug-likeness (QED) is 0.591. The highest BCUT2D eigenvalue weighted by molar-refractivity contribution is 5.79. The fraction of sp³-hybridized carbons (Fsp3) is 0.900. The SMILES string of the molecule is CC(C)N1CC2(COC2)N(C)CC1=O. The van der Waals surface area contributed by atoms with E-state index in [2.05, 4.69) is 18.7 Å². The summed E-state index contributed by atoms with van der Waals surface area (Å²) in [5.74, 6) is 0.236. The molecule has 2 aliphatic rings. The number of hydrogen-bond acceptors (Lipinski definition) is 3. The zero-order valence-electron chi connectivity index (χ0n) is 9.12. The third-order valence-electron chi connectivity index (χ3n) is 3.33. The summed E-state index contributed by atoms with van der Waals surface area (Å²) in [5.41, 5.74) is 0.109. The van der Waals surface area contributed by atoms with E-state index in [1.54, 1.807) is 0 Å². The molecule has 4 nitrogen and oxygen atoms in total. The first kappa shape index (κ1) is 9.93. The lowest BCUT2D eigenvalue weighted by molar-refractivity contribution is -0.179. The van der Waals surface area contributed by atoms with Crippen LogP contribution in [0.5, 0.6) is 0 Å². The van der Waals surface area contributed by atoms with Crippen LogP contribution in [0.2, 0.25) is 0 Å². The summed E-state index contributed by atoms with van der Waals surface area (Å²) in [6.45, 7) is 7.01. The predicted octanol–water partition coefficient (Wildman–Crippen LogP) is -0.0622. The van der Waals surface area contributed by atoms with Crippen LogP contribution in [0.3, 0.4) is 0 Å². The zero-order valence-corrected chi connectivity index (χ0v) is 9.12. The molecule has 2 heterocycles. The Bertz CT molecular complexity index is 249. The lowest BCUT2D eigenvalue weighted by Gasteiger charge is -2.54. The van der Waals surface area contributed by atoms with Crippen molar-refractivity contribution in [1.82, 2.24) is 9.80 Å². The topological polar surface area (TPSA) is 32.8 Å². The van der Waals surface area contributed by atoms with Crippen molar-refractivity contribution in [2.45, 2.75) is 25.4 Å². The molecule has 0 atom stereocenters. The van der Waals surface area contributed by atoms with E-state index in [1.165, 1.54) is 0 Å². The Morgan fingerprint density at radius 2 is 2.07 bits per heavy atom. The minimum absolute atomic E-state index is 0.109. The van der Waals surface area contributed by atoms with Crippen molar-refractivity contribution in [2.75, 3.05) is 33.4 Å². The van der Waals surface area contributed by atoms with E-state index in [9.17, 15) is 4.79 Å². The van der Waals surface area contributed by atoms with Crippen LogP contribution in [0.1, 0.15) is 13.8 Å². The van der Waals surface area contributed by atoms with Gasteiger partial charge in [0.15, 0.2) is 0 Å². The van der Waals surface area contributed by atoms with Gasteiger partial charge >= 0.3 is 0 Å². The summed E-state index contributed by atoms with van der Waals surface area (Å²) in [7, 11) is 2.01. The van der Waals surface area contributed by atoms with E-state index < -0.39 is 0 Å². The molecule has 0 unspecified atom stereocenters. The van der Waals surface area contributed by atoms with E-state index in [1.807, 2.05) is 11.9 Å². The summed E-state index contributed by atoms with van der Waals surface area (Å²) in [6, 6.07) is 0.300. The van der Waals surface area contributed by atoms with Crippen molar-refractivity contribution < 1.29 is 9.53 Å². The van der Waals surface area contributed by atoms with Gasteiger partial charge in [0.25, 0.3) is 0 Å². The Labute approximate surface area is 84.8 Å². The summed E-state index contributed by atoms with van der Waals surface area (Å²) in [6.07, 6.45) is 0. The molecule has 0 bridgehead atoms. The molecule has 80 valence electrons. The van der Waals surface area contributed by atoms with Crippen molar-refractivity contribution in [3.05, 3.63) is 0 Å². The molecule has 2 fully saturated rings. The molecular weight excluding hydrogens is 180 g/mol. The maximum Gasteiger partial charge on any atom is 0.237 e. The number of likely N-dealkylation sites (N-methyl/N-ethyl adjacent to an activating group) is 1. The maximum atomic E-state index is 11.7. The molecule has 0 radical (unpaired) electrons. The summed E-state index contributed by atoms with van der Waals surface area (Å²) in [5, 5.41) is 0. The van der Waals surface area contributed by atoms with Crippen LogP contribution in [-0.4, -0.2) is 60.6 Å². The number of piperazine rings is 1. The first-order chi connectivity index (χ1) is 6.55. The molecule has 0 aliphatic carbocycles. The first-order valence-electron chi connectivity index (χ1n) is 5.14. The van der Waals surface area contributed by atoms with Gasteiger partial charge in [-0.1, -0.05) is 0 Å². The number of nitrogens with zero attached hydrogens (tertiary/aromatic N) is 2. The normalized spacial score (nSPS) is 27.1. The van der Waals surface area contributed by atoms with Crippen molar-refractivity contribution >= 4 is 5.91 Å². The van der Waals surface area contributed by atoms with Crippen LogP contribution in [0.4, 0.5) is 0 Å². The smallest absolute Gasteiger partial charge is 0.237 e. The molecule has 2 rings (SSSR count). The Balaban J connectivity index is 2.12. The molecule has 1 amide bonds. The lowest BCUT2D eigenvalue weighted by atomic mass is 9.91. The molecule has 2 aliphatic heterocycles. The Morgan fingerprint density at radius 1 is 1.43 bits per heavy atom. The lowest BCUT2D eigenvalue weighted by Crippen LogP contribution is -2.72. The molecule has 0 saturated carbocycles. The van der Waals surface area contributed by atoms with Crippen molar-refractivity contribution in [3.63, 3.8) is 0 Å². The molecule has 0 aromatic carbocycles. The highest BCUT2D eigenvalue weighted by Gasteiger charge is 2.48. The Morgan fingerprint density at radius 3 is 2.50 bits per heavy atom. The van der Waals surface area contributed by atoms with Gasteiger partial charge in [-0.25, -0.2) is 0 Å². The number of carbonyl (C=O) groups excluding carboxylic acids is 1.